The van der Waals surface area contributed by atoms with Crippen molar-refractivity contribution >= 4 is 17.5 Å². The Kier molecular flexibility index (Phi) is 4.96. The Bertz CT molecular complexity index is 553. The molecule has 0 aromatic heterocycles. The zero-order chi connectivity index (χ0) is 16.2. The number of piperazine rings is 1. The molecule has 1 aromatic rings. The van der Waals surface area contributed by atoms with Crippen molar-refractivity contribution in [1.82, 2.24) is 9.80 Å². The van der Waals surface area contributed by atoms with Crippen LogP contribution < -0.4 is 4.90 Å². The molecule has 5 nitrogen and oxygen atoms in total. The third-order valence-corrected chi connectivity index (χ3v) is 4.80. The Morgan fingerprint density at radius 2 is 1.78 bits per heavy atom. The first-order valence-corrected chi connectivity index (χ1v) is 8.58. The van der Waals surface area contributed by atoms with E-state index in [-0.39, 0.29) is 11.8 Å². The Balaban J connectivity index is 1.60. The van der Waals surface area contributed by atoms with Crippen molar-refractivity contribution in [2.75, 3.05) is 44.2 Å². The Morgan fingerprint density at radius 3 is 2.43 bits per heavy atom. The van der Waals surface area contributed by atoms with E-state index in [9.17, 15) is 9.59 Å². The standard InChI is InChI=1S/C18H25N3O2/c1-2-9-19-11-13-20(14-12-19)17(22)16-8-10-21(18(16)23)15-6-4-3-5-7-15/h3-7,16H,2,8-14H2,1H3/t16-/m0/s1. The summed E-state index contributed by atoms with van der Waals surface area (Å²) in [5.41, 5.74) is 0.889. The predicted octanol–water partition coefficient (Wildman–Crippen LogP) is 1.59. The molecule has 1 atom stereocenters. The maximum atomic E-state index is 12.7. The van der Waals surface area contributed by atoms with Crippen molar-refractivity contribution in [2.45, 2.75) is 19.8 Å². The number of anilines is 1. The van der Waals surface area contributed by atoms with E-state index < -0.39 is 5.92 Å². The number of carbonyl (C=O) groups excluding carboxylic acids is 2. The van der Waals surface area contributed by atoms with Crippen LogP contribution in [0.5, 0.6) is 0 Å². The summed E-state index contributed by atoms with van der Waals surface area (Å²) in [6, 6.07) is 9.63. The molecule has 2 aliphatic heterocycles. The summed E-state index contributed by atoms with van der Waals surface area (Å²) in [5, 5.41) is 0. The van der Waals surface area contributed by atoms with Crippen molar-refractivity contribution in [3.8, 4) is 0 Å². The fourth-order valence-electron chi connectivity index (χ4n) is 3.50. The summed E-state index contributed by atoms with van der Waals surface area (Å²) >= 11 is 0. The van der Waals surface area contributed by atoms with Crippen LogP contribution in [0.3, 0.4) is 0 Å². The fraction of sp³-hybridized carbons (Fsp3) is 0.556. The van der Waals surface area contributed by atoms with E-state index in [0.29, 0.717) is 13.0 Å². The maximum Gasteiger partial charge on any atom is 0.239 e. The molecule has 0 radical (unpaired) electrons. The predicted molar refractivity (Wildman–Crippen MR) is 90.2 cm³/mol. The molecule has 2 saturated heterocycles. The molecule has 0 saturated carbocycles. The van der Waals surface area contributed by atoms with Crippen molar-refractivity contribution in [2.24, 2.45) is 5.92 Å². The number of para-hydroxylation sites is 1. The average molecular weight is 315 g/mol. The number of amides is 2. The zero-order valence-corrected chi connectivity index (χ0v) is 13.8. The number of benzene rings is 1. The molecular weight excluding hydrogens is 290 g/mol. The van der Waals surface area contributed by atoms with E-state index in [1.165, 1.54) is 0 Å². The number of hydrogen-bond donors (Lipinski definition) is 0. The minimum Gasteiger partial charge on any atom is -0.339 e. The van der Waals surface area contributed by atoms with Gasteiger partial charge >= 0.3 is 0 Å². The lowest BCUT2D eigenvalue weighted by Crippen LogP contribution is -2.51. The largest absolute Gasteiger partial charge is 0.339 e. The summed E-state index contributed by atoms with van der Waals surface area (Å²) in [6.07, 6.45) is 1.77. The number of rotatable bonds is 4. The van der Waals surface area contributed by atoms with E-state index in [2.05, 4.69) is 11.8 Å². The number of hydrogen-bond acceptors (Lipinski definition) is 3. The average Bonchev–Trinajstić information content (AvgIpc) is 2.97. The van der Waals surface area contributed by atoms with E-state index in [1.54, 1.807) is 4.90 Å². The van der Waals surface area contributed by atoms with Gasteiger partial charge in [0.05, 0.1) is 0 Å². The van der Waals surface area contributed by atoms with Crippen molar-refractivity contribution in [3.63, 3.8) is 0 Å². The normalized spacial score (nSPS) is 22.7. The van der Waals surface area contributed by atoms with E-state index in [1.807, 2.05) is 35.2 Å². The van der Waals surface area contributed by atoms with Gasteiger partial charge in [-0.25, -0.2) is 0 Å². The van der Waals surface area contributed by atoms with Crippen LogP contribution in [-0.2, 0) is 9.59 Å². The minimum atomic E-state index is -0.493. The molecule has 3 rings (SSSR count). The maximum absolute atomic E-state index is 12.7. The summed E-state index contributed by atoms with van der Waals surface area (Å²) in [6.45, 7) is 7.22. The third-order valence-electron chi connectivity index (χ3n) is 4.80. The summed E-state index contributed by atoms with van der Waals surface area (Å²) in [5.74, 6) is -0.519. The smallest absolute Gasteiger partial charge is 0.239 e. The van der Waals surface area contributed by atoms with E-state index in [0.717, 1.165) is 44.8 Å². The van der Waals surface area contributed by atoms with Gasteiger partial charge in [-0.2, -0.15) is 0 Å². The molecule has 5 heteroatoms. The van der Waals surface area contributed by atoms with Crippen LogP contribution in [0.2, 0.25) is 0 Å². The second-order valence-electron chi connectivity index (χ2n) is 6.33. The van der Waals surface area contributed by atoms with Crippen molar-refractivity contribution in [3.05, 3.63) is 30.3 Å². The summed E-state index contributed by atoms with van der Waals surface area (Å²) in [7, 11) is 0. The Hall–Kier alpha value is -1.88. The Morgan fingerprint density at radius 1 is 1.09 bits per heavy atom. The molecule has 2 aliphatic rings. The summed E-state index contributed by atoms with van der Waals surface area (Å²) < 4.78 is 0. The van der Waals surface area contributed by atoms with E-state index >= 15 is 0 Å². The minimum absolute atomic E-state index is 0.0181. The second-order valence-corrected chi connectivity index (χ2v) is 6.33. The molecule has 1 aromatic carbocycles. The van der Waals surface area contributed by atoms with Gasteiger partial charge in [-0.15, -0.1) is 0 Å². The van der Waals surface area contributed by atoms with Gasteiger partial charge in [0.25, 0.3) is 0 Å². The van der Waals surface area contributed by atoms with Crippen LogP contribution in [0.15, 0.2) is 30.3 Å². The van der Waals surface area contributed by atoms with Gasteiger partial charge in [-0.1, -0.05) is 25.1 Å². The van der Waals surface area contributed by atoms with Crippen LogP contribution in [0.4, 0.5) is 5.69 Å². The highest BCUT2D eigenvalue weighted by atomic mass is 16.2. The lowest BCUT2D eigenvalue weighted by molar-refractivity contribution is -0.141. The lowest BCUT2D eigenvalue weighted by atomic mass is 10.1. The first-order valence-electron chi connectivity index (χ1n) is 8.58. The first-order chi connectivity index (χ1) is 11.2. The molecule has 0 unspecified atom stereocenters. The first kappa shape index (κ1) is 16.0. The molecule has 0 aliphatic carbocycles. The van der Waals surface area contributed by atoms with Crippen LogP contribution in [-0.4, -0.2) is 60.9 Å². The molecule has 0 bridgehead atoms. The SMILES string of the molecule is CCCN1CCN(C(=O)[C@@H]2CCN(c3ccccc3)C2=O)CC1. The molecule has 124 valence electrons. The molecule has 2 heterocycles. The van der Waals surface area contributed by atoms with E-state index in [4.69, 9.17) is 0 Å². The van der Waals surface area contributed by atoms with Crippen LogP contribution >= 0.6 is 0 Å². The van der Waals surface area contributed by atoms with Gasteiger partial charge in [0.15, 0.2) is 0 Å². The monoisotopic (exact) mass is 315 g/mol. The third kappa shape index (κ3) is 3.39. The number of carbonyl (C=O) groups is 2. The van der Waals surface area contributed by atoms with Crippen molar-refractivity contribution < 1.29 is 9.59 Å². The highest BCUT2D eigenvalue weighted by Gasteiger charge is 2.40. The fourth-order valence-corrected chi connectivity index (χ4v) is 3.50. The van der Waals surface area contributed by atoms with Gasteiger partial charge < -0.3 is 9.80 Å². The Labute approximate surface area is 137 Å². The molecule has 2 fully saturated rings. The van der Waals surface area contributed by atoms with Gasteiger partial charge in [-0.3, -0.25) is 14.5 Å². The topological polar surface area (TPSA) is 43.9 Å². The zero-order valence-electron chi connectivity index (χ0n) is 13.8. The van der Waals surface area contributed by atoms with Crippen LogP contribution in [0.1, 0.15) is 19.8 Å². The van der Waals surface area contributed by atoms with Gasteiger partial charge in [0.1, 0.15) is 5.92 Å². The highest BCUT2D eigenvalue weighted by molar-refractivity contribution is 6.09. The quantitative estimate of drug-likeness (QED) is 0.793. The van der Waals surface area contributed by atoms with Gasteiger partial charge in [0, 0.05) is 38.4 Å². The molecule has 0 N–H and O–H groups in total. The molecule has 2 amide bonds. The molecule has 0 spiro atoms. The van der Waals surface area contributed by atoms with Gasteiger partial charge in [-0.05, 0) is 31.5 Å². The highest BCUT2D eigenvalue weighted by Crippen LogP contribution is 2.26. The molecule has 23 heavy (non-hydrogen) atoms. The lowest BCUT2D eigenvalue weighted by Gasteiger charge is -2.35. The van der Waals surface area contributed by atoms with Gasteiger partial charge in [0.2, 0.25) is 11.8 Å². The van der Waals surface area contributed by atoms with Crippen LogP contribution in [0.25, 0.3) is 0 Å². The second kappa shape index (κ2) is 7.13. The molecular formula is C18H25N3O2. The summed E-state index contributed by atoms with van der Waals surface area (Å²) in [4.78, 5) is 31.3. The number of nitrogens with zero attached hydrogens (tertiary/aromatic N) is 3. The van der Waals surface area contributed by atoms with Crippen LogP contribution in [0, 0.1) is 5.92 Å². The van der Waals surface area contributed by atoms with Crippen molar-refractivity contribution in [1.29, 1.82) is 0 Å².